The number of imide groups is 1. The third kappa shape index (κ3) is 2.93. The van der Waals surface area contributed by atoms with Crippen LogP contribution in [0.25, 0.3) is 0 Å². The summed E-state index contributed by atoms with van der Waals surface area (Å²) < 4.78 is 0. The van der Waals surface area contributed by atoms with Gasteiger partial charge < -0.3 is 10.6 Å². The maximum absolute atomic E-state index is 13.1. The van der Waals surface area contributed by atoms with Gasteiger partial charge in [0.2, 0.25) is 0 Å². The average molecular weight is 329 g/mol. The van der Waals surface area contributed by atoms with Crippen molar-refractivity contribution in [3.8, 4) is 0 Å². The lowest BCUT2D eigenvalue weighted by atomic mass is 9.86. The summed E-state index contributed by atoms with van der Waals surface area (Å²) in [5, 5.41) is 6.30. The number of nitrogens with zero attached hydrogens (tertiary/aromatic N) is 1. The molecule has 1 unspecified atom stereocenters. The molecule has 130 valence electrons. The van der Waals surface area contributed by atoms with Crippen LogP contribution >= 0.6 is 0 Å². The fourth-order valence-corrected chi connectivity index (χ4v) is 3.78. The molecule has 2 fully saturated rings. The number of rotatable bonds is 5. The number of carbonyl (C=O) groups excluding carboxylic acids is 2. The molecule has 2 saturated heterocycles. The Morgan fingerprint density at radius 3 is 2.38 bits per heavy atom. The molecule has 0 spiro atoms. The summed E-state index contributed by atoms with van der Waals surface area (Å²) in [5.41, 5.74) is 1.21. The summed E-state index contributed by atoms with van der Waals surface area (Å²) in [6, 6.07) is 7.80. The summed E-state index contributed by atoms with van der Waals surface area (Å²) in [5.74, 6) is 0.300. The van der Waals surface area contributed by atoms with Crippen molar-refractivity contribution in [1.29, 1.82) is 0 Å². The van der Waals surface area contributed by atoms with Gasteiger partial charge in [-0.2, -0.15) is 0 Å². The lowest BCUT2D eigenvalue weighted by Crippen LogP contribution is -2.44. The quantitative estimate of drug-likeness (QED) is 0.816. The lowest BCUT2D eigenvalue weighted by Gasteiger charge is -2.28. The van der Waals surface area contributed by atoms with Crippen LogP contribution in [0.1, 0.15) is 44.2 Å². The standard InChI is InChI=1S/C19H27N3O2/c1-3-14-5-7-16(8-6-14)19(4-2)17(23)22(18(24)21-19)13-15-9-11-20-12-10-15/h5-8,15,20H,3-4,9-13H2,1-2H3,(H,21,24). The van der Waals surface area contributed by atoms with E-state index < -0.39 is 5.54 Å². The van der Waals surface area contributed by atoms with Crippen LogP contribution in [0.4, 0.5) is 4.79 Å². The van der Waals surface area contributed by atoms with Gasteiger partial charge in [0, 0.05) is 6.54 Å². The normalized spacial score (nSPS) is 25.2. The maximum atomic E-state index is 13.1. The van der Waals surface area contributed by atoms with Crippen LogP contribution in [0.15, 0.2) is 24.3 Å². The van der Waals surface area contributed by atoms with Crippen molar-refractivity contribution in [3.05, 3.63) is 35.4 Å². The topological polar surface area (TPSA) is 61.4 Å². The maximum Gasteiger partial charge on any atom is 0.325 e. The first-order valence-electron chi connectivity index (χ1n) is 9.05. The highest BCUT2D eigenvalue weighted by atomic mass is 16.2. The number of urea groups is 1. The van der Waals surface area contributed by atoms with Crippen LogP contribution in [0, 0.1) is 5.92 Å². The SMILES string of the molecule is CCc1ccc(C2(CC)NC(=O)N(CC3CCNCC3)C2=O)cc1. The Kier molecular flexibility index (Phi) is 4.90. The van der Waals surface area contributed by atoms with Crippen LogP contribution in [0.2, 0.25) is 0 Å². The molecule has 0 aromatic heterocycles. The predicted octanol–water partition coefficient (Wildman–Crippen LogP) is 2.41. The van der Waals surface area contributed by atoms with Gasteiger partial charge in [-0.25, -0.2) is 4.79 Å². The summed E-state index contributed by atoms with van der Waals surface area (Å²) in [6.45, 7) is 6.52. The zero-order valence-corrected chi connectivity index (χ0v) is 14.6. The minimum atomic E-state index is -0.906. The molecule has 0 bridgehead atoms. The minimum Gasteiger partial charge on any atom is -0.319 e. The molecule has 1 aromatic carbocycles. The van der Waals surface area contributed by atoms with E-state index >= 15 is 0 Å². The molecular weight excluding hydrogens is 302 g/mol. The van der Waals surface area contributed by atoms with E-state index in [0.717, 1.165) is 37.9 Å². The molecule has 0 saturated carbocycles. The molecule has 2 N–H and O–H groups in total. The van der Waals surface area contributed by atoms with Gasteiger partial charge in [-0.1, -0.05) is 38.1 Å². The van der Waals surface area contributed by atoms with Gasteiger partial charge in [0.25, 0.3) is 5.91 Å². The molecule has 24 heavy (non-hydrogen) atoms. The highest BCUT2D eigenvalue weighted by Gasteiger charge is 2.51. The van der Waals surface area contributed by atoms with Crippen molar-refractivity contribution in [3.63, 3.8) is 0 Å². The number of aryl methyl sites for hydroxylation is 1. The van der Waals surface area contributed by atoms with Crippen LogP contribution in [-0.4, -0.2) is 36.5 Å². The Morgan fingerprint density at radius 1 is 1.12 bits per heavy atom. The Labute approximate surface area is 143 Å². The number of hydrogen-bond donors (Lipinski definition) is 2. The number of nitrogens with one attached hydrogen (secondary N) is 2. The summed E-state index contributed by atoms with van der Waals surface area (Å²) in [4.78, 5) is 27.1. The number of amides is 3. The monoisotopic (exact) mass is 329 g/mol. The fraction of sp³-hybridized carbons (Fsp3) is 0.579. The van der Waals surface area contributed by atoms with E-state index in [9.17, 15) is 9.59 Å². The number of piperidine rings is 1. The Morgan fingerprint density at radius 2 is 1.79 bits per heavy atom. The van der Waals surface area contributed by atoms with Gasteiger partial charge in [-0.3, -0.25) is 9.69 Å². The molecule has 3 rings (SSSR count). The summed E-state index contributed by atoms with van der Waals surface area (Å²) in [6.07, 6.45) is 3.55. The van der Waals surface area contributed by atoms with E-state index in [4.69, 9.17) is 0 Å². The molecule has 2 heterocycles. The smallest absolute Gasteiger partial charge is 0.319 e. The molecular formula is C19H27N3O2. The lowest BCUT2D eigenvalue weighted by molar-refractivity contribution is -0.132. The molecule has 0 aliphatic carbocycles. The van der Waals surface area contributed by atoms with E-state index in [1.54, 1.807) is 0 Å². The van der Waals surface area contributed by atoms with Crippen molar-refractivity contribution >= 4 is 11.9 Å². The molecule has 5 nitrogen and oxygen atoms in total. The fourth-order valence-electron chi connectivity index (χ4n) is 3.78. The molecule has 0 radical (unpaired) electrons. The molecule has 1 aromatic rings. The van der Waals surface area contributed by atoms with Gasteiger partial charge in [-0.15, -0.1) is 0 Å². The predicted molar refractivity (Wildman–Crippen MR) is 93.6 cm³/mol. The van der Waals surface area contributed by atoms with Crippen molar-refractivity contribution in [2.24, 2.45) is 5.92 Å². The van der Waals surface area contributed by atoms with Crippen LogP contribution in [0.3, 0.4) is 0 Å². The van der Waals surface area contributed by atoms with E-state index in [-0.39, 0.29) is 11.9 Å². The molecule has 1 atom stereocenters. The zero-order valence-electron chi connectivity index (χ0n) is 14.6. The first kappa shape index (κ1) is 17.0. The van der Waals surface area contributed by atoms with Crippen LogP contribution < -0.4 is 10.6 Å². The van der Waals surface area contributed by atoms with E-state index in [1.165, 1.54) is 10.5 Å². The van der Waals surface area contributed by atoms with Crippen molar-refractivity contribution in [1.82, 2.24) is 15.5 Å². The van der Waals surface area contributed by atoms with Crippen molar-refractivity contribution < 1.29 is 9.59 Å². The second-order valence-corrected chi connectivity index (χ2v) is 6.85. The molecule has 3 amide bonds. The van der Waals surface area contributed by atoms with Gasteiger partial charge in [0.05, 0.1) is 0 Å². The van der Waals surface area contributed by atoms with Crippen molar-refractivity contribution in [2.45, 2.75) is 45.1 Å². The van der Waals surface area contributed by atoms with Gasteiger partial charge >= 0.3 is 6.03 Å². The van der Waals surface area contributed by atoms with Crippen LogP contribution in [0.5, 0.6) is 0 Å². The minimum absolute atomic E-state index is 0.0993. The largest absolute Gasteiger partial charge is 0.325 e. The molecule has 2 aliphatic rings. The Bertz CT molecular complexity index is 608. The highest BCUT2D eigenvalue weighted by molar-refractivity contribution is 6.07. The number of benzene rings is 1. The molecule has 5 heteroatoms. The molecule has 2 aliphatic heterocycles. The average Bonchev–Trinajstić information content (AvgIpc) is 2.88. The Balaban J connectivity index is 1.83. The number of carbonyl (C=O) groups is 2. The Hall–Kier alpha value is -1.88. The van der Waals surface area contributed by atoms with E-state index in [0.29, 0.717) is 18.9 Å². The summed E-state index contributed by atoms with van der Waals surface area (Å²) in [7, 11) is 0. The van der Waals surface area contributed by atoms with E-state index in [2.05, 4.69) is 17.6 Å². The van der Waals surface area contributed by atoms with Gasteiger partial charge in [0.1, 0.15) is 5.54 Å². The van der Waals surface area contributed by atoms with Crippen molar-refractivity contribution in [2.75, 3.05) is 19.6 Å². The first-order valence-corrected chi connectivity index (χ1v) is 9.05. The first-order chi connectivity index (χ1) is 11.6. The number of hydrogen-bond acceptors (Lipinski definition) is 3. The third-order valence-corrected chi connectivity index (χ3v) is 5.46. The zero-order chi connectivity index (χ0) is 17.2. The van der Waals surface area contributed by atoms with Gasteiger partial charge in [-0.05, 0) is 55.8 Å². The third-order valence-electron chi connectivity index (χ3n) is 5.46. The van der Waals surface area contributed by atoms with E-state index in [1.807, 2.05) is 31.2 Å². The second kappa shape index (κ2) is 6.93. The van der Waals surface area contributed by atoms with Gasteiger partial charge in [0.15, 0.2) is 0 Å². The van der Waals surface area contributed by atoms with Crippen LogP contribution in [-0.2, 0) is 16.8 Å². The highest BCUT2D eigenvalue weighted by Crippen LogP contribution is 2.33. The second-order valence-electron chi connectivity index (χ2n) is 6.85. The summed E-state index contributed by atoms with van der Waals surface area (Å²) >= 11 is 0.